The minimum atomic E-state index is -0.964. The van der Waals surface area contributed by atoms with Gasteiger partial charge in [0.05, 0.1) is 11.1 Å². The van der Waals surface area contributed by atoms with E-state index < -0.39 is 5.97 Å². The number of aryl methyl sites for hydroxylation is 2. The lowest BCUT2D eigenvalue weighted by molar-refractivity contribution is 0.0697. The van der Waals surface area contributed by atoms with E-state index in [9.17, 15) is 9.59 Å². The van der Waals surface area contributed by atoms with Crippen molar-refractivity contribution in [3.05, 3.63) is 70.0 Å². The molecule has 4 heteroatoms. The largest absolute Gasteiger partial charge is 0.478 e. The van der Waals surface area contributed by atoms with Crippen molar-refractivity contribution in [2.45, 2.75) is 20.8 Å². The molecule has 124 valence electrons. The third-order valence-electron chi connectivity index (χ3n) is 3.81. The van der Waals surface area contributed by atoms with Crippen LogP contribution in [-0.4, -0.2) is 15.6 Å². The van der Waals surface area contributed by atoms with Crippen molar-refractivity contribution in [2.75, 3.05) is 0 Å². The highest BCUT2D eigenvalue weighted by Gasteiger charge is 2.08. The molecule has 0 aliphatic heterocycles. The Balaban J connectivity index is 0.00000100. The number of hydrogen-bond acceptors (Lipinski definition) is 2. The monoisotopic (exact) mass is 323 g/mol. The van der Waals surface area contributed by atoms with Gasteiger partial charge in [0.2, 0.25) is 0 Å². The van der Waals surface area contributed by atoms with Crippen molar-refractivity contribution in [3.8, 4) is 11.1 Å². The Kier molecular flexibility index (Phi) is 5.19. The summed E-state index contributed by atoms with van der Waals surface area (Å²) in [4.78, 5) is 23.4. The van der Waals surface area contributed by atoms with Crippen LogP contribution in [0.5, 0.6) is 0 Å². The molecule has 0 radical (unpaired) electrons. The number of carbonyl (C=O) groups is 1. The van der Waals surface area contributed by atoms with Gasteiger partial charge in [0.1, 0.15) is 0 Å². The van der Waals surface area contributed by atoms with Gasteiger partial charge in [-0.2, -0.15) is 0 Å². The maximum absolute atomic E-state index is 12.3. The van der Waals surface area contributed by atoms with E-state index in [1.807, 2.05) is 55.9 Å². The summed E-state index contributed by atoms with van der Waals surface area (Å²) in [6.45, 7) is 5.79. The predicted molar refractivity (Wildman–Crippen MR) is 97.7 cm³/mol. The molecular weight excluding hydrogens is 302 g/mol. The predicted octanol–water partition coefficient (Wildman–Crippen LogP) is 4.24. The second-order valence-corrected chi connectivity index (χ2v) is 5.37. The Bertz CT molecular complexity index is 955. The number of carboxylic acids is 1. The number of nitrogens with zero attached hydrogens (tertiary/aromatic N) is 1. The minimum Gasteiger partial charge on any atom is -0.478 e. The van der Waals surface area contributed by atoms with Crippen LogP contribution >= 0.6 is 0 Å². The topological polar surface area (TPSA) is 59.3 Å². The molecule has 0 fully saturated rings. The van der Waals surface area contributed by atoms with Crippen LogP contribution in [0, 0.1) is 6.92 Å². The average Bonchev–Trinajstić information content (AvgIpc) is 2.61. The molecule has 0 saturated heterocycles. The lowest BCUT2D eigenvalue weighted by atomic mass is 10.0. The highest BCUT2D eigenvalue weighted by molar-refractivity contribution is 5.90. The van der Waals surface area contributed by atoms with Gasteiger partial charge < -0.3 is 9.67 Å². The Labute approximate surface area is 141 Å². The van der Waals surface area contributed by atoms with Gasteiger partial charge in [0, 0.05) is 24.2 Å². The number of pyridine rings is 1. The van der Waals surface area contributed by atoms with E-state index in [4.69, 9.17) is 5.11 Å². The van der Waals surface area contributed by atoms with Crippen molar-refractivity contribution in [1.82, 2.24) is 4.57 Å². The summed E-state index contributed by atoms with van der Waals surface area (Å²) >= 11 is 0. The zero-order valence-electron chi connectivity index (χ0n) is 14.3. The lowest BCUT2D eigenvalue weighted by Gasteiger charge is -2.09. The van der Waals surface area contributed by atoms with Crippen molar-refractivity contribution in [3.63, 3.8) is 0 Å². The van der Waals surface area contributed by atoms with Crippen LogP contribution in [-0.2, 0) is 7.05 Å². The Morgan fingerprint density at radius 1 is 1.04 bits per heavy atom. The lowest BCUT2D eigenvalue weighted by Crippen LogP contribution is -2.10. The van der Waals surface area contributed by atoms with Crippen LogP contribution in [0.2, 0.25) is 0 Å². The number of carboxylic acid groups (broad SMARTS) is 1. The number of aromatic nitrogens is 1. The molecule has 2 aromatic carbocycles. The minimum absolute atomic E-state index is 0.00402. The van der Waals surface area contributed by atoms with E-state index in [-0.39, 0.29) is 11.0 Å². The fourth-order valence-corrected chi connectivity index (χ4v) is 2.67. The third kappa shape index (κ3) is 3.23. The van der Waals surface area contributed by atoms with Gasteiger partial charge >= 0.3 is 5.97 Å². The van der Waals surface area contributed by atoms with Crippen LogP contribution in [0.4, 0.5) is 0 Å². The van der Waals surface area contributed by atoms with Gasteiger partial charge in [-0.25, -0.2) is 4.79 Å². The second kappa shape index (κ2) is 7.13. The SMILES string of the molecule is CC.Cc1cn(C)c2ccc(-c3cccc(C(=O)O)c3)cc2c1=O. The Morgan fingerprint density at radius 2 is 1.71 bits per heavy atom. The molecule has 0 amide bonds. The highest BCUT2D eigenvalue weighted by atomic mass is 16.4. The van der Waals surface area contributed by atoms with Crippen molar-refractivity contribution >= 4 is 16.9 Å². The molecule has 1 aromatic heterocycles. The highest BCUT2D eigenvalue weighted by Crippen LogP contribution is 2.24. The van der Waals surface area contributed by atoms with E-state index >= 15 is 0 Å². The van der Waals surface area contributed by atoms with Gasteiger partial charge in [0.25, 0.3) is 0 Å². The molecule has 0 aliphatic rings. The van der Waals surface area contributed by atoms with E-state index in [1.165, 1.54) is 0 Å². The van der Waals surface area contributed by atoms with E-state index in [0.29, 0.717) is 10.9 Å². The zero-order valence-corrected chi connectivity index (χ0v) is 14.3. The van der Waals surface area contributed by atoms with Crippen LogP contribution < -0.4 is 5.43 Å². The van der Waals surface area contributed by atoms with Gasteiger partial charge in [-0.3, -0.25) is 4.79 Å². The van der Waals surface area contributed by atoms with Gasteiger partial charge in [-0.05, 0) is 42.3 Å². The first-order valence-corrected chi connectivity index (χ1v) is 7.91. The van der Waals surface area contributed by atoms with E-state index in [1.54, 1.807) is 25.1 Å². The number of fused-ring (bicyclic) bond motifs is 1. The molecule has 0 spiro atoms. The molecule has 0 bridgehead atoms. The Morgan fingerprint density at radius 3 is 2.38 bits per heavy atom. The summed E-state index contributed by atoms with van der Waals surface area (Å²) in [6.07, 6.45) is 1.81. The van der Waals surface area contributed by atoms with Crippen molar-refractivity contribution in [2.24, 2.45) is 7.05 Å². The van der Waals surface area contributed by atoms with Crippen LogP contribution in [0.25, 0.3) is 22.0 Å². The summed E-state index contributed by atoms with van der Waals surface area (Å²) in [5.74, 6) is -0.964. The molecule has 4 nitrogen and oxygen atoms in total. The van der Waals surface area contributed by atoms with Gasteiger partial charge in [-0.15, -0.1) is 0 Å². The summed E-state index contributed by atoms with van der Waals surface area (Å²) in [7, 11) is 1.90. The second-order valence-electron chi connectivity index (χ2n) is 5.37. The molecule has 24 heavy (non-hydrogen) atoms. The summed E-state index contributed by atoms with van der Waals surface area (Å²) in [5.41, 5.74) is 3.39. The maximum atomic E-state index is 12.3. The fraction of sp³-hybridized carbons (Fsp3) is 0.200. The molecule has 3 aromatic rings. The normalized spacial score (nSPS) is 10.2. The van der Waals surface area contributed by atoms with Crippen LogP contribution in [0.3, 0.4) is 0 Å². The van der Waals surface area contributed by atoms with Crippen molar-refractivity contribution < 1.29 is 9.90 Å². The zero-order chi connectivity index (χ0) is 17.9. The molecule has 1 heterocycles. The van der Waals surface area contributed by atoms with Gasteiger partial charge in [0.15, 0.2) is 5.43 Å². The first-order chi connectivity index (χ1) is 11.5. The van der Waals surface area contributed by atoms with Crippen molar-refractivity contribution in [1.29, 1.82) is 0 Å². The average molecular weight is 323 g/mol. The molecular formula is C20H21NO3. The van der Waals surface area contributed by atoms with Crippen LogP contribution in [0.1, 0.15) is 29.8 Å². The van der Waals surface area contributed by atoms with E-state index in [2.05, 4.69) is 0 Å². The number of benzene rings is 2. The quantitative estimate of drug-likeness (QED) is 0.767. The van der Waals surface area contributed by atoms with Crippen LogP contribution in [0.15, 0.2) is 53.5 Å². The third-order valence-corrected chi connectivity index (χ3v) is 3.81. The molecule has 3 rings (SSSR count). The molecule has 0 aliphatic carbocycles. The molecule has 0 unspecified atom stereocenters. The number of aromatic carboxylic acids is 1. The number of hydrogen-bond donors (Lipinski definition) is 1. The first kappa shape index (κ1) is 17.5. The standard InChI is InChI=1S/C18H15NO3.C2H6/c1-11-10-19(2)16-7-6-13(9-15(16)17(11)20)12-4-3-5-14(8-12)18(21)22;1-2/h3-10H,1-2H3,(H,21,22);1-2H3. The summed E-state index contributed by atoms with van der Waals surface area (Å²) < 4.78 is 1.92. The molecule has 0 atom stereocenters. The van der Waals surface area contributed by atoms with Gasteiger partial charge in [-0.1, -0.05) is 32.0 Å². The fourth-order valence-electron chi connectivity index (χ4n) is 2.67. The Hall–Kier alpha value is -2.88. The molecule has 1 N–H and O–H groups in total. The first-order valence-electron chi connectivity index (χ1n) is 7.91. The summed E-state index contributed by atoms with van der Waals surface area (Å²) in [6, 6.07) is 12.3. The summed E-state index contributed by atoms with van der Waals surface area (Å²) in [5, 5.41) is 9.73. The van der Waals surface area contributed by atoms with E-state index in [0.717, 1.165) is 16.6 Å². The maximum Gasteiger partial charge on any atom is 0.335 e. The smallest absolute Gasteiger partial charge is 0.335 e. The number of rotatable bonds is 2. The molecule has 0 saturated carbocycles.